The Morgan fingerprint density at radius 2 is 2.27 bits per heavy atom. The summed E-state index contributed by atoms with van der Waals surface area (Å²) in [5.74, 6) is 0.791. The van der Waals surface area contributed by atoms with Crippen LogP contribution in [0.5, 0.6) is 0 Å². The molecule has 0 N–H and O–H groups in total. The predicted molar refractivity (Wildman–Crippen MR) is 56.4 cm³/mol. The minimum atomic E-state index is -0.218. The average Bonchev–Trinajstić information content (AvgIpc) is 2.85. The van der Waals surface area contributed by atoms with Crippen LogP contribution in [0.15, 0.2) is 0 Å². The minimum Gasteiger partial charge on any atom is -0.468 e. The number of fused-ring (bicyclic) bond motifs is 3. The third kappa shape index (κ3) is 1.13. The van der Waals surface area contributed by atoms with Gasteiger partial charge in [-0.25, -0.2) is 0 Å². The van der Waals surface area contributed by atoms with Crippen molar-refractivity contribution >= 4 is 5.97 Å². The molecular formula is C12H19NO2. The van der Waals surface area contributed by atoms with Crippen LogP contribution in [0.3, 0.4) is 0 Å². The molecule has 0 aromatic carbocycles. The third-order valence-electron chi connectivity index (χ3n) is 4.72. The van der Waals surface area contributed by atoms with Gasteiger partial charge in [0, 0.05) is 6.04 Å². The zero-order valence-electron chi connectivity index (χ0n) is 9.37. The fourth-order valence-electron chi connectivity index (χ4n) is 4.19. The van der Waals surface area contributed by atoms with Crippen molar-refractivity contribution in [2.75, 3.05) is 13.7 Å². The molecule has 0 amide bonds. The lowest BCUT2D eigenvalue weighted by Gasteiger charge is -2.31. The van der Waals surface area contributed by atoms with Crippen LogP contribution in [0, 0.1) is 5.92 Å². The molecule has 84 valence electrons. The summed E-state index contributed by atoms with van der Waals surface area (Å²) >= 11 is 0. The van der Waals surface area contributed by atoms with Crippen molar-refractivity contribution in [1.82, 2.24) is 4.90 Å². The quantitative estimate of drug-likeness (QED) is 0.614. The molecule has 0 spiro atoms. The number of hydrogen-bond acceptors (Lipinski definition) is 3. The second-order valence-corrected chi connectivity index (χ2v) is 5.28. The van der Waals surface area contributed by atoms with E-state index < -0.39 is 0 Å². The molecule has 3 rings (SSSR count). The number of rotatable bonds is 1. The number of carbonyl (C=O) groups is 1. The number of nitrogens with zero attached hydrogens (tertiary/aromatic N) is 1. The van der Waals surface area contributed by atoms with Gasteiger partial charge in [-0.15, -0.1) is 0 Å². The Labute approximate surface area is 90.8 Å². The first-order valence-corrected chi connectivity index (χ1v) is 6.13. The van der Waals surface area contributed by atoms with Gasteiger partial charge in [-0.2, -0.15) is 0 Å². The SMILES string of the molecule is COC(=O)[C@]12CCCN1[C@H]1CCC[C@H]1C2. The van der Waals surface area contributed by atoms with Crippen molar-refractivity contribution in [2.24, 2.45) is 5.92 Å². The molecule has 2 aliphatic heterocycles. The first-order chi connectivity index (χ1) is 7.28. The summed E-state index contributed by atoms with van der Waals surface area (Å²) in [5, 5.41) is 0. The molecule has 0 aromatic rings. The number of esters is 1. The van der Waals surface area contributed by atoms with Crippen LogP contribution in [0.4, 0.5) is 0 Å². The normalized spacial score (nSPS) is 44.1. The van der Waals surface area contributed by atoms with E-state index in [0.717, 1.165) is 25.3 Å². The number of carbonyl (C=O) groups excluding carboxylic acids is 1. The maximum atomic E-state index is 12.0. The van der Waals surface area contributed by atoms with E-state index in [0.29, 0.717) is 6.04 Å². The van der Waals surface area contributed by atoms with Crippen LogP contribution in [-0.2, 0) is 9.53 Å². The molecule has 2 saturated heterocycles. The van der Waals surface area contributed by atoms with Gasteiger partial charge in [-0.1, -0.05) is 6.42 Å². The summed E-state index contributed by atoms with van der Waals surface area (Å²) in [7, 11) is 1.53. The van der Waals surface area contributed by atoms with Crippen LogP contribution in [0.25, 0.3) is 0 Å². The molecule has 3 nitrogen and oxygen atoms in total. The van der Waals surface area contributed by atoms with Gasteiger partial charge in [0.05, 0.1) is 7.11 Å². The van der Waals surface area contributed by atoms with E-state index in [1.807, 2.05) is 0 Å². The zero-order valence-corrected chi connectivity index (χ0v) is 9.37. The second kappa shape index (κ2) is 3.21. The van der Waals surface area contributed by atoms with Crippen LogP contribution in [-0.4, -0.2) is 36.1 Å². The third-order valence-corrected chi connectivity index (χ3v) is 4.72. The van der Waals surface area contributed by atoms with Crippen molar-refractivity contribution in [3.63, 3.8) is 0 Å². The Morgan fingerprint density at radius 3 is 3.07 bits per heavy atom. The van der Waals surface area contributed by atoms with Crippen LogP contribution in [0.1, 0.15) is 38.5 Å². The van der Waals surface area contributed by atoms with Crippen LogP contribution >= 0.6 is 0 Å². The summed E-state index contributed by atoms with van der Waals surface area (Å²) in [5.41, 5.74) is -0.218. The molecule has 3 atom stereocenters. The van der Waals surface area contributed by atoms with Gasteiger partial charge in [0.2, 0.25) is 0 Å². The van der Waals surface area contributed by atoms with E-state index in [4.69, 9.17) is 4.74 Å². The lowest BCUT2D eigenvalue weighted by Crippen LogP contribution is -2.48. The highest BCUT2D eigenvalue weighted by molar-refractivity contribution is 5.82. The Morgan fingerprint density at radius 1 is 1.40 bits per heavy atom. The molecule has 3 heteroatoms. The lowest BCUT2D eigenvalue weighted by atomic mass is 9.89. The van der Waals surface area contributed by atoms with E-state index in [2.05, 4.69) is 4.90 Å². The largest absolute Gasteiger partial charge is 0.468 e. The molecule has 1 aliphatic carbocycles. The topological polar surface area (TPSA) is 29.5 Å². The summed E-state index contributed by atoms with van der Waals surface area (Å²) in [6.07, 6.45) is 7.21. The highest BCUT2D eigenvalue weighted by Gasteiger charge is 2.59. The Bertz CT molecular complexity index is 291. The number of hydrogen-bond donors (Lipinski definition) is 0. The van der Waals surface area contributed by atoms with E-state index in [1.54, 1.807) is 0 Å². The Balaban J connectivity index is 1.92. The van der Waals surface area contributed by atoms with E-state index in [9.17, 15) is 4.79 Å². The second-order valence-electron chi connectivity index (χ2n) is 5.28. The molecule has 15 heavy (non-hydrogen) atoms. The summed E-state index contributed by atoms with van der Waals surface area (Å²) in [6.45, 7) is 1.11. The van der Waals surface area contributed by atoms with E-state index in [-0.39, 0.29) is 11.5 Å². The van der Waals surface area contributed by atoms with Crippen molar-refractivity contribution in [2.45, 2.75) is 50.1 Å². The number of ether oxygens (including phenoxy) is 1. The highest BCUT2D eigenvalue weighted by Crippen LogP contribution is 2.51. The van der Waals surface area contributed by atoms with Crippen LogP contribution < -0.4 is 0 Å². The summed E-state index contributed by atoms with van der Waals surface area (Å²) < 4.78 is 5.02. The van der Waals surface area contributed by atoms with Gasteiger partial charge >= 0.3 is 5.97 Å². The molecule has 0 radical (unpaired) electrons. The van der Waals surface area contributed by atoms with Gasteiger partial charge in [0.1, 0.15) is 5.54 Å². The lowest BCUT2D eigenvalue weighted by molar-refractivity contribution is -0.152. The maximum Gasteiger partial charge on any atom is 0.326 e. The van der Waals surface area contributed by atoms with Crippen molar-refractivity contribution < 1.29 is 9.53 Å². The highest BCUT2D eigenvalue weighted by atomic mass is 16.5. The predicted octanol–water partition coefficient (Wildman–Crippen LogP) is 1.57. The monoisotopic (exact) mass is 209 g/mol. The smallest absolute Gasteiger partial charge is 0.326 e. The van der Waals surface area contributed by atoms with Crippen molar-refractivity contribution in [3.05, 3.63) is 0 Å². The van der Waals surface area contributed by atoms with E-state index in [1.165, 1.54) is 32.8 Å². The minimum absolute atomic E-state index is 0.0226. The van der Waals surface area contributed by atoms with Crippen molar-refractivity contribution in [3.8, 4) is 0 Å². The van der Waals surface area contributed by atoms with E-state index >= 15 is 0 Å². The molecule has 2 heterocycles. The average molecular weight is 209 g/mol. The summed E-state index contributed by atoms with van der Waals surface area (Å²) in [6, 6.07) is 0.687. The molecule has 0 bridgehead atoms. The maximum absolute atomic E-state index is 12.0. The molecule has 3 fully saturated rings. The Kier molecular flexibility index (Phi) is 2.06. The first-order valence-electron chi connectivity index (χ1n) is 6.13. The van der Waals surface area contributed by atoms with Gasteiger partial charge in [-0.05, 0) is 44.6 Å². The van der Waals surface area contributed by atoms with Crippen molar-refractivity contribution in [1.29, 1.82) is 0 Å². The molecule has 0 aromatic heterocycles. The first kappa shape index (κ1) is 9.64. The van der Waals surface area contributed by atoms with Gasteiger partial charge < -0.3 is 4.74 Å². The zero-order chi connectivity index (χ0) is 10.5. The fourth-order valence-corrected chi connectivity index (χ4v) is 4.19. The summed E-state index contributed by atoms with van der Waals surface area (Å²) in [4.78, 5) is 14.5. The molecular weight excluding hydrogens is 190 g/mol. The fraction of sp³-hybridized carbons (Fsp3) is 0.917. The Hall–Kier alpha value is -0.570. The molecule has 1 saturated carbocycles. The standard InChI is InChI=1S/C12H19NO2/c1-15-11(14)12-6-3-7-13(12)10-5-2-4-9(10)8-12/h9-10H,2-8H2,1H3/t9-,10-,12+/m0/s1. The van der Waals surface area contributed by atoms with Gasteiger partial charge in [0.25, 0.3) is 0 Å². The molecule has 3 aliphatic rings. The van der Waals surface area contributed by atoms with Gasteiger partial charge in [-0.3, -0.25) is 9.69 Å². The number of methoxy groups -OCH3 is 1. The molecule has 0 unspecified atom stereocenters. The van der Waals surface area contributed by atoms with Gasteiger partial charge in [0.15, 0.2) is 0 Å². The van der Waals surface area contributed by atoms with Crippen LogP contribution in [0.2, 0.25) is 0 Å².